The number of rotatable bonds is 5. The monoisotopic (exact) mass is 271 g/mol. The Morgan fingerprint density at radius 2 is 2.28 bits per heavy atom. The predicted molar refractivity (Wildman–Crippen MR) is 74.0 cm³/mol. The van der Waals surface area contributed by atoms with E-state index in [1.54, 1.807) is 6.92 Å². The molecular formula is C12H21N3O2S. The fourth-order valence-electron chi connectivity index (χ4n) is 1.74. The van der Waals surface area contributed by atoms with Crippen molar-refractivity contribution in [3.05, 3.63) is 11.1 Å². The van der Waals surface area contributed by atoms with Crippen LogP contribution in [0.25, 0.3) is 0 Å². The summed E-state index contributed by atoms with van der Waals surface area (Å²) in [7, 11) is 0. The van der Waals surface area contributed by atoms with Crippen LogP contribution in [0.4, 0.5) is 9.93 Å². The van der Waals surface area contributed by atoms with Gasteiger partial charge in [0.05, 0.1) is 11.8 Å². The number of nitrogens with one attached hydrogen (secondary N) is 2. The highest BCUT2D eigenvalue weighted by atomic mass is 32.1. The van der Waals surface area contributed by atoms with Crippen LogP contribution in [-0.2, 0) is 0 Å². The average molecular weight is 271 g/mol. The number of aromatic nitrogens is 1. The van der Waals surface area contributed by atoms with E-state index in [-0.39, 0.29) is 17.6 Å². The summed E-state index contributed by atoms with van der Waals surface area (Å²) >= 11 is 1.40. The second-order valence-corrected chi connectivity index (χ2v) is 6.18. The number of aliphatic hydroxyl groups is 1. The molecule has 0 saturated heterocycles. The van der Waals surface area contributed by atoms with Gasteiger partial charge in [0, 0.05) is 11.9 Å². The highest BCUT2D eigenvalue weighted by Gasteiger charge is 2.21. The first-order valence-electron chi connectivity index (χ1n) is 5.93. The first-order valence-corrected chi connectivity index (χ1v) is 6.81. The lowest BCUT2D eigenvalue weighted by Crippen LogP contribution is -2.38. The van der Waals surface area contributed by atoms with E-state index >= 15 is 0 Å². The molecule has 1 aromatic heterocycles. The summed E-state index contributed by atoms with van der Waals surface area (Å²) in [5.74, 6) is 0. The standard InChI is InChI=1S/C12H21N3O2S/c1-8-6-18-11(14-8)15-10(17)13-7-12(3,4)5-9(2)16/h6,9,16H,5,7H2,1-4H3,(H2,13,14,15,17). The number of aliphatic hydroxyl groups excluding tert-OH is 1. The number of carbonyl (C=O) groups is 1. The topological polar surface area (TPSA) is 74.2 Å². The molecule has 1 unspecified atom stereocenters. The molecule has 5 nitrogen and oxygen atoms in total. The van der Waals surface area contributed by atoms with E-state index in [2.05, 4.69) is 15.6 Å². The number of carbonyl (C=O) groups excluding carboxylic acids is 1. The normalized spacial score (nSPS) is 13.2. The Balaban J connectivity index is 2.37. The second-order valence-electron chi connectivity index (χ2n) is 5.32. The Kier molecular flexibility index (Phi) is 5.10. The molecule has 0 fully saturated rings. The molecule has 6 heteroatoms. The summed E-state index contributed by atoms with van der Waals surface area (Å²) in [6.45, 7) is 8.15. The second kappa shape index (κ2) is 6.15. The highest BCUT2D eigenvalue weighted by Crippen LogP contribution is 2.21. The maximum atomic E-state index is 11.6. The van der Waals surface area contributed by atoms with E-state index in [4.69, 9.17) is 0 Å². The predicted octanol–water partition coefficient (Wildman–Crippen LogP) is 2.37. The molecule has 18 heavy (non-hydrogen) atoms. The lowest BCUT2D eigenvalue weighted by Gasteiger charge is -2.26. The van der Waals surface area contributed by atoms with Crippen molar-refractivity contribution in [2.45, 2.75) is 40.2 Å². The molecule has 2 amide bonds. The number of anilines is 1. The van der Waals surface area contributed by atoms with E-state index < -0.39 is 0 Å². The Hall–Kier alpha value is -1.14. The van der Waals surface area contributed by atoms with Gasteiger partial charge in [0.15, 0.2) is 5.13 Å². The molecule has 0 saturated carbocycles. The van der Waals surface area contributed by atoms with E-state index in [0.717, 1.165) is 5.69 Å². The molecule has 0 bridgehead atoms. The third-order valence-electron chi connectivity index (χ3n) is 2.41. The zero-order chi connectivity index (χ0) is 13.8. The van der Waals surface area contributed by atoms with E-state index in [9.17, 15) is 9.90 Å². The van der Waals surface area contributed by atoms with Gasteiger partial charge in [-0.05, 0) is 25.7 Å². The molecule has 0 aromatic carbocycles. The van der Waals surface area contributed by atoms with Gasteiger partial charge < -0.3 is 10.4 Å². The average Bonchev–Trinajstić information content (AvgIpc) is 2.59. The molecule has 102 valence electrons. The minimum Gasteiger partial charge on any atom is -0.393 e. The first kappa shape index (κ1) is 14.9. The molecule has 1 rings (SSSR count). The van der Waals surface area contributed by atoms with Crippen LogP contribution in [0.3, 0.4) is 0 Å². The van der Waals surface area contributed by atoms with Crippen molar-refractivity contribution in [3.63, 3.8) is 0 Å². The van der Waals surface area contributed by atoms with Crippen LogP contribution in [0.5, 0.6) is 0 Å². The smallest absolute Gasteiger partial charge is 0.321 e. The molecule has 1 heterocycles. The number of thiazole rings is 1. The summed E-state index contributed by atoms with van der Waals surface area (Å²) in [5.41, 5.74) is 0.759. The van der Waals surface area contributed by atoms with Gasteiger partial charge in [-0.15, -0.1) is 11.3 Å². The van der Waals surface area contributed by atoms with Crippen molar-refractivity contribution in [2.24, 2.45) is 5.41 Å². The van der Waals surface area contributed by atoms with Gasteiger partial charge in [0.1, 0.15) is 0 Å². The maximum absolute atomic E-state index is 11.6. The van der Waals surface area contributed by atoms with E-state index in [1.807, 2.05) is 26.2 Å². The molecule has 0 aliphatic heterocycles. The Morgan fingerprint density at radius 3 is 2.78 bits per heavy atom. The fourth-order valence-corrected chi connectivity index (χ4v) is 2.43. The van der Waals surface area contributed by atoms with Gasteiger partial charge >= 0.3 is 6.03 Å². The number of nitrogens with zero attached hydrogens (tertiary/aromatic N) is 1. The number of urea groups is 1. The summed E-state index contributed by atoms with van der Waals surface area (Å²) in [4.78, 5) is 15.8. The van der Waals surface area contributed by atoms with Crippen LogP contribution in [0.2, 0.25) is 0 Å². The van der Waals surface area contributed by atoms with Crippen LogP contribution >= 0.6 is 11.3 Å². The Bertz CT molecular complexity index is 402. The minimum absolute atomic E-state index is 0.135. The zero-order valence-corrected chi connectivity index (χ0v) is 12.1. The van der Waals surface area contributed by atoms with Crippen molar-refractivity contribution < 1.29 is 9.90 Å². The van der Waals surface area contributed by atoms with Crippen LogP contribution in [0.1, 0.15) is 32.9 Å². The summed E-state index contributed by atoms with van der Waals surface area (Å²) in [6.07, 6.45) is 0.273. The van der Waals surface area contributed by atoms with Crippen molar-refractivity contribution in [3.8, 4) is 0 Å². The van der Waals surface area contributed by atoms with Gasteiger partial charge in [-0.3, -0.25) is 5.32 Å². The van der Waals surface area contributed by atoms with Crippen LogP contribution in [0, 0.1) is 12.3 Å². The van der Waals surface area contributed by atoms with Crippen molar-refractivity contribution in [1.29, 1.82) is 0 Å². The maximum Gasteiger partial charge on any atom is 0.321 e. The van der Waals surface area contributed by atoms with Crippen molar-refractivity contribution >= 4 is 22.5 Å². The van der Waals surface area contributed by atoms with Crippen molar-refractivity contribution in [2.75, 3.05) is 11.9 Å². The summed E-state index contributed by atoms with van der Waals surface area (Å²) in [6, 6.07) is -0.261. The number of aryl methyl sites for hydroxylation is 1. The van der Waals surface area contributed by atoms with Crippen LogP contribution in [0.15, 0.2) is 5.38 Å². The van der Waals surface area contributed by atoms with Crippen LogP contribution in [-0.4, -0.2) is 28.8 Å². The van der Waals surface area contributed by atoms with Gasteiger partial charge in [-0.25, -0.2) is 9.78 Å². The van der Waals surface area contributed by atoms with E-state index in [0.29, 0.717) is 18.1 Å². The molecule has 3 N–H and O–H groups in total. The molecule has 0 aliphatic rings. The summed E-state index contributed by atoms with van der Waals surface area (Å²) in [5, 5.41) is 17.3. The molecule has 1 atom stereocenters. The number of hydrogen-bond donors (Lipinski definition) is 3. The third-order valence-corrected chi connectivity index (χ3v) is 3.29. The number of amides is 2. The number of hydrogen-bond acceptors (Lipinski definition) is 4. The quantitative estimate of drug-likeness (QED) is 0.769. The summed E-state index contributed by atoms with van der Waals surface area (Å²) < 4.78 is 0. The first-order chi connectivity index (χ1) is 8.28. The molecule has 0 spiro atoms. The lowest BCUT2D eigenvalue weighted by molar-refractivity contribution is 0.129. The van der Waals surface area contributed by atoms with Gasteiger partial charge in [0.2, 0.25) is 0 Å². The minimum atomic E-state index is -0.369. The zero-order valence-electron chi connectivity index (χ0n) is 11.3. The molecule has 1 aromatic rings. The Labute approximate surface area is 112 Å². The lowest BCUT2D eigenvalue weighted by atomic mass is 9.87. The fraction of sp³-hybridized carbons (Fsp3) is 0.667. The highest BCUT2D eigenvalue weighted by molar-refractivity contribution is 7.13. The third kappa shape index (κ3) is 5.46. The molecular weight excluding hydrogens is 250 g/mol. The Morgan fingerprint density at radius 1 is 1.61 bits per heavy atom. The van der Waals surface area contributed by atoms with Crippen molar-refractivity contribution in [1.82, 2.24) is 10.3 Å². The molecule has 0 radical (unpaired) electrons. The van der Waals surface area contributed by atoms with Gasteiger partial charge in [-0.1, -0.05) is 13.8 Å². The molecule has 0 aliphatic carbocycles. The van der Waals surface area contributed by atoms with E-state index in [1.165, 1.54) is 11.3 Å². The largest absolute Gasteiger partial charge is 0.393 e. The van der Waals surface area contributed by atoms with Crippen LogP contribution < -0.4 is 10.6 Å². The SMILES string of the molecule is Cc1csc(NC(=O)NCC(C)(C)CC(C)O)n1. The van der Waals surface area contributed by atoms with Gasteiger partial charge in [-0.2, -0.15) is 0 Å². The van der Waals surface area contributed by atoms with Gasteiger partial charge in [0.25, 0.3) is 0 Å².